The first-order valence-corrected chi connectivity index (χ1v) is 8.03. The molecule has 2 aromatic rings. The topological polar surface area (TPSA) is 54.7 Å². The van der Waals surface area contributed by atoms with Crippen LogP contribution in [0.3, 0.4) is 0 Å². The summed E-state index contributed by atoms with van der Waals surface area (Å²) in [6.07, 6.45) is 0.506. The number of morpholine rings is 1. The number of amides is 1. The van der Waals surface area contributed by atoms with E-state index >= 15 is 0 Å². The van der Waals surface area contributed by atoms with E-state index in [2.05, 4.69) is 5.32 Å². The highest BCUT2D eigenvalue weighted by Crippen LogP contribution is 2.21. The predicted octanol–water partition coefficient (Wildman–Crippen LogP) is 2.29. The molecule has 0 atom stereocenters. The maximum atomic E-state index is 12.0. The van der Waals surface area contributed by atoms with Gasteiger partial charge >= 0.3 is 0 Å². The maximum absolute atomic E-state index is 12.0. The van der Waals surface area contributed by atoms with Crippen LogP contribution in [0.15, 0.2) is 46.9 Å². The molecule has 1 aromatic carbocycles. The van der Waals surface area contributed by atoms with Crippen molar-refractivity contribution in [2.45, 2.75) is 13.0 Å². The van der Waals surface area contributed by atoms with Crippen molar-refractivity contribution in [1.29, 1.82) is 0 Å². The first-order chi connectivity index (χ1) is 11.3. The van der Waals surface area contributed by atoms with Crippen molar-refractivity contribution in [1.82, 2.24) is 10.2 Å². The van der Waals surface area contributed by atoms with Gasteiger partial charge in [-0.15, -0.1) is 0 Å². The second-order valence-corrected chi connectivity index (χ2v) is 5.55. The quantitative estimate of drug-likeness (QED) is 0.831. The minimum Gasteiger partial charge on any atom is -0.460 e. The van der Waals surface area contributed by atoms with Gasteiger partial charge in [0.1, 0.15) is 11.5 Å². The maximum Gasteiger partial charge on any atom is 0.224 e. The highest BCUT2D eigenvalue weighted by molar-refractivity contribution is 5.76. The first-order valence-electron chi connectivity index (χ1n) is 8.03. The van der Waals surface area contributed by atoms with Crippen molar-refractivity contribution in [3.63, 3.8) is 0 Å². The van der Waals surface area contributed by atoms with Crippen molar-refractivity contribution in [3.8, 4) is 11.3 Å². The normalized spacial score (nSPS) is 14.9. The Morgan fingerprint density at radius 3 is 2.65 bits per heavy atom. The van der Waals surface area contributed by atoms with Gasteiger partial charge < -0.3 is 19.4 Å². The number of carbonyl (C=O) groups is 1. The summed E-state index contributed by atoms with van der Waals surface area (Å²) >= 11 is 0. The van der Waals surface area contributed by atoms with Crippen LogP contribution in [-0.4, -0.2) is 43.7 Å². The standard InChI is InChI=1S/C18H22N2O3/c21-18(20-10-12-22-13-11-20)8-9-19-14-16-6-7-17(23-16)15-4-2-1-3-5-15/h1-7,19H,8-14H2. The van der Waals surface area contributed by atoms with Gasteiger partial charge in [0.05, 0.1) is 19.8 Å². The fourth-order valence-electron chi connectivity index (χ4n) is 2.61. The van der Waals surface area contributed by atoms with Crippen molar-refractivity contribution >= 4 is 5.91 Å². The Morgan fingerprint density at radius 1 is 1.09 bits per heavy atom. The lowest BCUT2D eigenvalue weighted by Crippen LogP contribution is -2.41. The molecule has 0 saturated carbocycles. The van der Waals surface area contributed by atoms with Crippen molar-refractivity contribution < 1.29 is 13.9 Å². The summed E-state index contributed by atoms with van der Waals surface area (Å²) in [5.74, 6) is 1.93. The third-order valence-electron chi connectivity index (χ3n) is 3.90. The summed E-state index contributed by atoms with van der Waals surface area (Å²) in [5.41, 5.74) is 1.07. The molecule has 5 nitrogen and oxygen atoms in total. The summed E-state index contributed by atoms with van der Waals surface area (Å²) in [6, 6.07) is 14.0. The number of benzene rings is 1. The minimum atomic E-state index is 0.185. The number of ether oxygens (including phenoxy) is 1. The van der Waals surface area contributed by atoms with Crippen LogP contribution in [0.2, 0.25) is 0 Å². The fourth-order valence-corrected chi connectivity index (χ4v) is 2.61. The van der Waals surface area contributed by atoms with Gasteiger partial charge in [-0.05, 0) is 12.1 Å². The molecule has 1 saturated heterocycles. The Hall–Kier alpha value is -2.11. The zero-order valence-corrected chi connectivity index (χ0v) is 13.2. The van der Waals surface area contributed by atoms with Gasteiger partial charge in [0.25, 0.3) is 0 Å². The lowest BCUT2D eigenvalue weighted by molar-refractivity contribution is -0.135. The molecular formula is C18H22N2O3. The molecule has 1 aliphatic rings. The van der Waals surface area contributed by atoms with Gasteiger partial charge in [-0.3, -0.25) is 4.79 Å². The lowest BCUT2D eigenvalue weighted by atomic mass is 10.2. The molecule has 5 heteroatoms. The summed E-state index contributed by atoms with van der Waals surface area (Å²) in [4.78, 5) is 13.9. The summed E-state index contributed by atoms with van der Waals surface area (Å²) in [7, 11) is 0. The summed E-state index contributed by atoms with van der Waals surface area (Å²) in [6.45, 7) is 3.98. The van der Waals surface area contributed by atoms with Crippen LogP contribution in [0.5, 0.6) is 0 Å². The summed E-state index contributed by atoms with van der Waals surface area (Å²) < 4.78 is 11.1. The van der Waals surface area contributed by atoms with E-state index in [9.17, 15) is 4.79 Å². The molecule has 1 N–H and O–H groups in total. The molecule has 23 heavy (non-hydrogen) atoms. The second kappa shape index (κ2) is 7.94. The van der Waals surface area contributed by atoms with Gasteiger partial charge in [0.15, 0.2) is 0 Å². The molecule has 0 radical (unpaired) electrons. The third-order valence-corrected chi connectivity index (χ3v) is 3.90. The van der Waals surface area contributed by atoms with Gasteiger partial charge in [0, 0.05) is 31.6 Å². The number of hydrogen-bond acceptors (Lipinski definition) is 4. The largest absolute Gasteiger partial charge is 0.460 e. The average Bonchev–Trinajstić information content (AvgIpc) is 3.09. The third kappa shape index (κ3) is 4.43. The van der Waals surface area contributed by atoms with Crippen LogP contribution >= 0.6 is 0 Å². The number of hydrogen-bond donors (Lipinski definition) is 1. The Morgan fingerprint density at radius 2 is 1.87 bits per heavy atom. The molecule has 1 aliphatic heterocycles. The van der Waals surface area contributed by atoms with Gasteiger partial charge in [-0.25, -0.2) is 0 Å². The number of nitrogens with one attached hydrogen (secondary N) is 1. The Balaban J connectivity index is 1.41. The molecule has 0 unspecified atom stereocenters. The van der Waals surface area contributed by atoms with E-state index in [1.54, 1.807) is 0 Å². The Labute approximate surface area is 136 Å². The number of rotatable bonds is 6. The molecule has 122 valence electrons. The van der Waals surface area contributed by atoms with E-state index in [4.69, 9.17) is 9.15 Å². The van der Waals surface area contributed by atoms with Crippen LogP contribution in [0, 0.1) is 0 Å². The lowest BCUT2D eigenvalue weighted by Gasteiger charge is -2.26. The molecule has 1 aromatic heterocycles. The van der Waals surface area contributed by atoms with Crippen molar-refractivity contribution in [2.24, 2.45) is 0 Å². The molecule has 1 fully saturated rings. The Kier molecular flexibility index (Phi) is 5.45. The fraction of sp³-hybridized carbons (Fsp3) is 0.389. The second-order valence-electron chi connectivity index (χ2n) is 5.55. The van der Waals surface area contributed by atoms with E-state index in [1.807, 2.05) is 47.4 Å². The highest BCUT2D eigenvalue weighted by Gasteiger charge is 2.15. The average molecular weight is 314 g/mol. The van der Waals surface area contributed by atoms with Crippen molar-refractivity contribution in [3.05, 3.63) is 48.2 Å². The summed E-state index contributed by atoms with van der Waals surface area (Å²) in [5, 5.41) is 3.26. The van der Waals surface area contributed by atoms with E-state index in [0.29, 0.717) is 45.8 Å². The molecular weight excluding hydrogens is 292 g/mol. The minimum absolute atomic E-state index is 0.185. The number of furan rings is 1. The van der Waals surface area contributed by atoms with Gasteiger partial charge in [0.2, 0.25) is 5.91 Å². The number of nitrogens with zero attached hydrogens (tertiary/aromatic N) is 1. The molecule has 2 heterocycles. The molecule has 1 amide bonds. The van der Waals surface area contributed by atoms with Crippen LogP contribution in [-0.2, 0) is 16.1 Å². The van der Waals surface area contributed by atoms with E-state index < -0.39 is 0 Å². The molecule has 0 aliphatic carbocycles. The molecule has 0 spiro atoms. The predicted molar refractivity (Wildman–Crippen MR) is 87.9 cm³/mol. The van der Waals surface area contributed by atoms with Crippen molar-refractivity contribution in [2.75, 3.05) is 32.8 Å². The van der Waals surface area contributed by atoms with Gasteiger partial charge in [-0.1, -0.05) is 30.3 Å². The molecule has 3 rings (SSSR count). The SMILES string of the molecule is O=C(CCNCc1ccc(-c2ccccc2)o1)N1CCOCC1. The first kappa shape index (κ1) is 15.8. The molecule has 0 bridgehead atoms. The number of carbonyl (C=O) groups excluding carboxylic acids is 1. The van der Waals surface area contributed by atoms with Crippen LogP contribution in [0.4, 0.5) is 0 Å². The highest BCUT2D eigenvalue weighted by atomic mass is 16.5. The van der Waals surface area contributed by atoms with E-state index in [-0.39, 0.29) is 5.91 Å². The zero-order valence-electron chi connectivity index (χ0n) is 13.2. The van der Waals surface area contributed by atoms with E-state index in [0.717, 1.165) is 17.1 Å². The smallest absolute Gasteiger partial charge is 0.224 e. The van der Waals surface area contributed by atoms with E-state index in [1.165, 1.54) is 0 Å². The van der Waals surface area contributed by atoms with Crippen LogP contribution in [0.25, 0.3) is 11.3 Å². The van der Waals surface area contributed by atoms with Gasteiger partial charge in [-0.2, -0.15) is 0 Å². The van der Waals surface area contributed by atoms with Crippen LogP contribution in [0.1, 0.15) is 12.2 Å². The monoisotopic (exact) mass is 314 g/mol. The van der Waals surface area contributed by atoms with Crippen LogP contribution < -0.4 is 5.32 Å². The Bertz CT molecular complexity index is 618. The zero-order chi connectivity index (χ0) is 15.9.